The van der Waals surface area contributed by atoms with Crippen molar-refractivity contribution < 1.29 is 30.5 Å². The van der Waals surface area contributed by atoms with E-state index in [0.717, 1.165) is 12.0 Å². The van der Waals surface area contributed by atoms with Gasteiger partial charge in [0.05, 0.1) is 5.56 Å². The van der Waals surface area contributed by atoms with E-state index in [0.29, 0.717) is 18.6 Å². The number of hydrogen-bond donors (Lipinski definition) is 0. The molecular weight excluding hydrogens is 321 g/mol. The first kappa shape index (κ1) is 15.2. The Bertz CT molecular complexity index is 746. The van der Waals surface area contributed by atoms with Gasteiger partial charge in [-0.3, -0.25) is 0 Å². The number of halogens is 3. The predicted octanol–water partition coefficient (Wildman–Crippen LogP) is 3.52. The molecule has 1 aliphatic heterocycles. The summed E-state index contributed by atoms with van der Waals surface area (Å²) in [5.41, 5.74) is -5.18. The lowest BCUT2D eigenvalue weighted by Crippen LogP contribution is -2.43. The van der Waals surface area contributed by atoms with Gasteiger partial charge in [-0.25, -0.2) is 0 Å². The molecule has 4 nitrogen and oxygen atoms in total. The normalized spacial score (nSPS) is 19.7. The monoisotopic (exact) mass is 334 g/mol. The average Bonchev–Trinajstić information content (AvgIpc) is 2.34. The lowest BCUT2D eigenvalue weighted by molar-refractivity contribution is -0.0512. The Morgan fingerprint density at radius 3 is 2.50 bits per heavy atom. The molecule has 8 heteroatoms. The summed E-state index contributed by atoms with van der Waals surface area (Å²) in [6.45, 7) is 1.81. The van der Waals surface area contributed by atoms with Crippen molar-refractivity contribution in [2.24, 2.45) is 0 Å². The fraction of sp³-hybridized carbons (Fsp3) is 0.429. The van der Waals surface area contributed by atoms with Crippen molar-refractivity contribution in [3.05, 3.63) is 35.4 Å². The van der Waals surface area contributed by atoms with Crippen LogP contribution in [0.3, 0.4) is 0 Å². The van der Waals surface area contributed by atoms with Gasteiger partial charge in [0.1, 0.15) is 11.4 Å². The number of ether oxygens (including phenoxy) is 1. The molecule has 3 rings (SSSR count). The number of hydrogen-bond acceptors (Lipinski definition) is 4. The van der Waals surface area contributed by atoms with Gasteiger partial charge in [0.2, 0.25) is 0 Å². The van der Waals surface area contributed by atoms with Gasteiger partial charge in [0.15, 0.2) is 5.76 Å². The minimum absolute atomic E-state index is 0.205. The van der Waals surface area contributed by atoms with Crippen LogP contribution in [0.5, 0.6) is 5.75 Å². The third-order valence-corrected chi connectivity index (χ3v) is 4.76. The standard InChI is InChI=1S/C14H13F3O4S/c1-9-3-4-10-11(7-9)20-13(5-2-6-13)8-12(10)21-22(18,19)14(15,16)17/h3-4,7-8H,2,5-6H2,1H3. The smallest absolute Gasteiger partial charge is 0.482 e. The minimum atomic E-state index is -5.71. The molecule has 1 aromatic carbocycles. The fourth-order valence-corrected chi connectivity index (χ4v) is 2.96. The summed E-state index contributed by atoms with van der Waals surface area (Å²) >= 11 is 0. The predicted molar refractivity (Wildman–Crippen MR) is 72.4 cm³/mol. The van der Waals surface area contributed by atoms with Gasteiger partial charge in [-0.05, 0) is 43.9 Å². The zero-order valence-electron chi connectivity index (χ0n) is 11.6. The van der Waals surface area contributed by atoms with Crippen LogP contribution >= 0.6 is 0 Å². The zero-order valence-corrected chi connectivity index (χ0v) is 12.4. The van der Waals surface area contributed by atoms with Gasteiger partial charge < -0.3 is 8.92 Å². The second-order valence-corrected chi connectivity index (χ2v) is 7.05. The molecule has 0 saturated heterocycles. The summed E-state index contributed by atoms with van der Waals surface area (Å²) in [6, 6.07) is 4.80. The molecule has 2 aliphatic rings. The number of aryl methyl sites for hydroxylation is 1. The molecule has 0 unspecified atom stereocenters. The van der Waals surface area contributed by atoms with Crippen LogP contribution in [-0.4, -0.2) is 19.5 Å². The van der Waals surface area contributed by atoms with E-state index < -0.39 is 21.2 Å². The van der Waals surface area contributed by atoms with Crippen molar-refractivity contribution in [3.63, 3.8) is 0 Å². The van der Waals surface area contributed by atoms with Crippen LogP contribution < -0.4 is 4.74 Å². The van der Waals surface area contributed by atoms with E-state index in [1.54, 1.807) is 12.1 Å². The van der Waals surface area contributed by atoms with E-state index in [2.05, 4.69) is 4.18 Å². The van der Waals surface area contributed by atoms with Crippen molar-refractivity contribution in [2.45, 2.75) is 37.3 Å². The summed E-state index contributed by atoms with van der Waals surface area (Å²) in [4.78, 5) is 0. The van der Waals surface area contributed by atoms with E-state index in [1.165, 1.54) is 12.1 Å². The summed E-state index contributed by atoms with van der Waals surface area (Å²) in [6.07, 6.45) is 3.42. The van der Waals surface area contributed by atoms with E-state index >= 15 is 0 Å². The highest BCUT2D eigenvalue weighted by atomic mass is 32.2. The van der Waals surface area contributed by atoms with Gasteiger partial charge in [0.25, 0.3) is 0 Å². The molecule has 0 bridgehead atoms. The first-order valence-electron chi connectivity index (χ1n) is 6.66. The molecule has 0 N–H and O–H groups in total. The van der Waals surface area contributed by atoms with Crippen LogP contribution in [0.4, 0.5) is 13.2 Å². The lowest BCUT2D eigenvalue weighted by atomic mass is 9.78. The molecule has 1 aromatic rings. The Kier molecular flexibility index (Phi) is 3.21. The van der Waals surface area contributed by atoms with Crippen LogP contribution in [0.25, 0.3) is 5.76 Å². The Labute approximate surface area is 125 Å². The number of rotatable bonds is 2. The van der Waals surface area contributed by atoms with Crippen molar-refractivity contribution >= 4 is 15.9 Å². The summed E-state index contributed by atoms with van der Waals surface area (Å²) in [7, 11) is -5.71. The van der Waals surface area contributed by atoms with Crippen LogP contribution in [0.1, 0.15) is 30.4 Å². The first-order valence-corrected chi connectivity index (χ1v) is 8.06. The molecule has 0 radical (unpaired) electrons. The highest BCUT2D eigenvalue weighted by molar-refractivity contribution is 7.87. The molecule has 0 amide bonds. The zero-order chi connectivity index (χ0) is 16.2. The quantitative estimate of drug-likeness (QED) is 0.613. The van der Waals surface area contributed by atoms with Crippen LogP contribution in [0, 0.1) is 6.92 Å². The summed E-state index contributed by atoms with van der Waals surface area (Å²) in [5.74, 6) is 0.0212. The van der Waals surface area contributed by atoms with Crippen LogP contribution in [-0.2, 0) is 14.3 Å². The second kappa shape index (κ2) is 4.65. The molecule has 1 spiro atoms. The van der Waals surface area contributed by atoms with Crippen molar-refractivity contribution in [1.82, 2.24) is 0 Å². The number of alkyl halides is 3. The van der Waals surface area contributed by atoms with Gasteiger partial charge in [-0.1, -0.05) is 6.07 Å². The van der Waals surface area contributed by atoms with Crippen molar-refractivity contribution in [2.75, 3.05) is 0 Å². The van der Waals surface area contributed by atoms with Gasteiger partial charge >= 0.3 is 15.6 Å². The van der Waals surface area contributed by atoms with Gasteiger partial charge in [-0.2, -0.15) is 21.6 Å². The minimum Gasteiger partial charge on any atom is -0.482 e. The van der Waals surface area contributed by atoms with E-state index in [9.17, 15) is 21.6 Å². The Morgan fingerprint density at radius 1 is 1.27 bits per heavy atom. The molecule has 1 aliphatic carbocycles. The SMILES string of the molecule is Cc1ccc2c(c1)OC1(C=C2OS(=O)(=O)C(F)(F)F)CCC1. The van der Waals surface area contributed by atoms with E-state index in [-0.39, 0.29) is 11.3 Å². The number of fused-ring (bicyclic) bond motifs is 1. The highest BCUT2D eigenvalue weighted by Gasteiger charge is 2.50. The van der Waals surface area contributed by atoms with Crippen LogP contribution in [0.15, 0.2) is 24.3 Å². The third kappa shape index (κ3) is 2.45. The summed E-state index contributed by atoms with van der Waals surface area (Å²) in [5, 5.41) is 0. The highest BCUT2D eigenvalue weighted by Crippen LogP contribution is 2.47. The maximum atomic E-state index is 12.5. The molecule has 22 heavy (non-hydrogen) atoms. The lowest BCUT2D eigenvalue weighted by Gasteiger charge is -2.42. The largest absolute Gasteiger partial charge is 0.534 e. The van der Waals surface area contributed by atoms with Gasteiger partial charge in [0, 0.05) is 6.08 Å². The topological polar surface area (TPSA) is 52.6 Å². The van der Waals surface area contributed by atoms with Crippen molar-refractivity contribution in [3.8, 4) is 5.75 Å². The average molecular weight is 334 g/mol. The molecule has 1 saturated carbocycles. The molecule has 0 aromatic heterocycles. The van der Waals surface area contributed by atoms with Crippen molar-refractivity contribution in [1.29, 1.82) is 0 Å². The Hall–Kier alpha value is -1.70. The van der Waals surface area contributed by atoms with E-state index in [4.69, 9.17) is 4.74 Å². The van der Waals surface area contributed by atoms with E-state index in [1.807, 2.05) is 6.92 Å². The second-order valence-electron chi connectivity index (χ2n) is 5.51. The number of benzene rings is 1. The molecule has 1 fully saturated rings. The summed E-state index contributed by atoms with van der Waals surface area (Å²) < 4.78 is 70.4. The molecule has 1 heterocycles. The van der Waals surface area contributed by atoms with Gasteiger partial charge in [-0.15, -0.1) is 0 Å². The third-order valence-electron chi connectivity index (χ3n) is 3.79. The molecular formula is C14H13F3O4S. The fourth-order valence-electron chi connectivity index (χ4n) is 2.49. The molecule has 120 valence electrons. The first-order chi connectivity index (χ1) is 10.1. The Morgan fingerprint density at radius 2 is 1.95 bits per heavy atom. The molecule has 0 atom stereocenters. The maximum absolute atomic E-state index is 12.5. The maximum Gasteiger partial charge on any atom is 0.534 e. The Balaban J connectivity index is 2.05. The van der Waals surface area contributed by atoms with Crippen LogP contribution in [0.2, 0.25) is 0 Å².